The van der Waals surface area contributed by atoms with Crippen molar-refractivity contribution >= 4 is 28.3 Å². The molecule has 2 aromatic heterocycles. The number of hydrogen-bond acceptors (Lipinski definition) is 6. The van der Waals surface area contributed by atoms with Crippen LogP contribution in [0.3, 0.4) is 0 Å². The molecule has 3 rings (SSSR count). The molecule has 0 spiro atoms. The maximum atomic E-state index is 12.4. The van der Waals surface area contributed by atoms with Gasteiger partial charge in [0.2, 0.25) is 5.95 Å². The van der Waals surface area contributed by atoms with E-state index < -0.39 is 0 Å². The Kier molecular flexibility index (Phi) is 4.10. The second kappa shape index (κ2) is 6.17. The first-order chi connectivity index (χ1) is 10.2. The van der Waals surface area contributed by atoms with Crippen LogP contribution >= 0.6 is 11.3 Å². The second-order valence-electron chi connectivity index (χ2n) is 5.21. The Labute approximate surface area is 127 Å². The van der Waals surface area contributed by atoms with E-state index in [4.69, 9.17) is 0 Å². The third-order valence-corrected chi connectivity index (χ3v) is 4.34. The Morgan fingerprint density at radius 3 is 2.76 bits per heavy atom. The number of amides is 1. The Hall–Kier alpha value is -2.02. The minimum absolute atomic E-state index is 0.0141. The lowest BCUT2D eigenvalue weighted by atomic mass is 9.99. The van der Waals surface area contributed by atoms with Gasteiger partial charge in [-0.2, -0.15) is 0 Å². The second-order valence-corrected chi connectivity index (χ2v) is 6.07. The molecule has 0 unspecified atom stereocenters. The van der Waals surface area contributed by atoms with Crippen LogP contribution < -0.4 is 5.32 Å². The molecule has 1 aliphatic rings. The number of aromatic nitrogens is 3. The van der Waals surface area contributed by atoms with E-state index in [1.54, 1.807) is 23.8 Å². The van der Waals surface area contributed by atoms with Crippen molar-refractivity contribution in [3.8, 4) is 0 Å². The standard InChI is InChI=1S/C14H17N5OS/c1-10-3-7-19(8-4-10)12(20)11-9-21-14(17-11)18-13-15-5-2-6-16-13/h2,5-6,9-10H,3-4,7-8H2,1H3,(H,15,16,17,18). The van der Waals surface area contributed by atoms with E-state index in [2.05, 4.69) is 27.2 Å². The fraction of sp³-hybridized carbons (Fsp3) is 0.429. The fourth-order valence-electron chi connectivity index (χ4n) is 2.26. The first-order valence-corrected chi connectivity index (χ1v) is 7.89. The molecule has 0 saturated carbocycles. The number of piperidine rings is 1. The number of likely N-dealkylation sites (tertiary alicyclic amines) is 1. The van der Waals surface area contributed by atoms with Crippen LogP contribution in [-0.2, 0) is 0 Å². The Morgan fingerprint density at radius 1 is 1.33 bits per heavy atom. The number of anilines is 2. The van der Waals surface area contributed by atoms with E-state index in [-0.39, 0.29) is 5.91 Å². The molecule has 1 N–H and O–H groups in total. The molecule has 0 atom stereocenters. The summed E-state index contributed by atoms with van der Waals surface area (Å²) in [5, 5.41) is 5.42. The van der Waals surface area contributed by atoms with Crippen molar-refractivity contribution in [2.75, 3.05) is 18.4 Å². The summed E-state index contributed by atoms with van der Waals surface area (Å²) in [6.45, 7) is 3.87. The first-order valence-electron chi connectivity index (χ1n) is 7.01. The van der Waals surface area contributed by atoms with Crippen LogP contribution in [0.2, 0.25) is 0 Å². The lowest BCUT2D eigenvalue weighted by Gasteiger charge is -2.29. The van der Waals surface area contributed by atoms with E-state index in [1.165, 1.54) is 11.3 Å². The van der Waals surface area contributed by atoms with Gasteiger partial charge in [0.05, 0.1) is 0 Å². The number of carbonyl (C=O) groups is 1. The number of nitrogens with one attached hydrogen (secondary N) is 1. The molecule has 0 bridgehead atoms. The van der Waals surface area contributed by atoms with Gasteiger partial charge in [-0.05, 0) is 24.8 Å². The van der Waals surface area contributed by atoms with E-state index >= 15 is 0 Å². The lowest BCUT2D eigenvalue weighted by molar-refractivity contribution is 0.0692. The van der Waals surface area contributed by atoms with Gasteiger partial charge in [0, 0.05) is 30.9 Å². The van der Waals surface area contributed by atoms with Crippen LogP contribution in [-0.4, -0.2) is 38.8 Å². The van der Waals surface area contributed by atoms with Gasteiger partial charge in [0.15, 0.2) is 5.13 Å². The molecule has 21 heavy (non-hydrogen) atoms. The van der Waals surface area contributed by atoms with Gasteiger partial charge in [-0.15, -0.1) is 11.3 Å². The minimum atomic E-state index is 0.0141. The molecule has 3 heterocycles. The van der Waals surface area contributed by atoms with Gasteiger partial charge >= 0.3 is 0 Å². The smallest absolute Gasteiger partial charge is 0.273 e. The zero-order chi connectivity index (χ0) is 14.7. The predicted octanol–water partition coefficient (Wildman–Crippen LogP) is 2.55. The van der Waals surface area contributed by atoms with E-state index in [0.29, 0.717) is 22.7 Å². The highest BCUT2D eigenvalue weighted by Gasteiger charge is 2.23. The monoisotopic (exact) mass is 303 g/mol. The topological polar surface area (TPSA) is 71.0 Å². The van der Waals surface area contributed by atoms with E-state index in [1.807, 2.05) is 4.90 Å². The van der Waals surface area contributed by atoms with E-state index in [0.717, 1.165) is 25.9 Å². The highest BCUT2D eigenvalue weighted by molar-refractivity contribution is 7.14. The van der Waals surface area contributed by atoms with Crippen LogP contribution in [0.5, 0.6) is 0 Å². The summed E-state index contributed by atoms with van der Waals surface area (Å²) in [6.07, 6.45) is 5.45. The summed E-state index contributed by atoms with van der Waals surface area (Å²) in [7, 11) is 0. The maximum Gasteiger partial charge on any atom is 0.273 e. The van der Waals surface area contributed by atoms with Crippen LogP contribution in [0.4, 0.5) is 11.1 Å². The number of nitrogens with zero attached hydrogens (tertiary/aromatic N) is 4. The van der Waals surface area contributed by atoms with Gasteiger partial charge < -0.3 is 10.2 Å². The zero-order valence-electron chi connectivity index (χ0n) is 11.8. The van der Waals surface area contributed by atoms with Crippen molar-refractivity contribution in [3.05, 3.63) is 29.5 Å². The number of carbonyl (C=O) groups excluding carboxylic acids is 1. The minimum Gasteiger partial charge on any atom is -0.337 e. The zero-order valence-corrected chi connectivity index (χ0v) is 12.6. The van der Waals surface area contributed by atoms with Crippen molar-refractivity contribution in [3.63, 3.8) is 0 Å². The average molecular weight is 303 g/mol. The summed E-state index contributed by atoms with van der Waals surface area (Å²) in [5.41, 5.74) is 0.494. The van der Waals surface area contributed by atoms with Crippen molar-refractivity contribution < 1.29 is 4.79 Å². The number of rotatable bonds is 3. The molecule has 2 aromatic rings. The molecular formula is C14H17N5OS. The van der Waals surface area contributed by atoms with Gasteiger partial charge in [-0.3, -0.25) is 4.79 Å². The quantitative estimate of drug-likeness (QED) is 0.943. The largest absolute Gasteiger partial charge is 0.337 e. The van der Waals surface area contributed by atoms with Crippen molar-refractivity contribution in [2.24, 2.45) is 5.92 Å². The van der Waals surface area contributed by atoms with Crippen LogP contribution in [0.15, 0.2) is 23.8 Å². The third-order valence-electron chi connectivity index (χ3n) is 3.58. The van der Waals surface area contributed by atoms with Gasteiger partial charge in [0.25, 0.3) is 5.91 Å². The molecule has 1 amide bonds. The predicted molar refractivity (Wildman–Crippen MR) is 81.7 cm³/mol. The molecule has 0 radical (unpaired) electrons. The van der Waals surface area contributed by atoms with Crippen LogP contribution in [0, 0.1) is 5.92 Å². The van der Waals surface area contributed by atoms with Crippen LogP contribution in [0.25, 0.3) is 0 Å². The SMILES string of the molecule is CC1CCN(C(=O)c2csc(Nc3ncccn3)n2)CC1. The van der Waals surface area contributed by atoms with Crippen molar-refractivity contribution in [2.45, 2.75) is 19.8 Å². The summed E-state index contributed by atoms with van der Waals surface area (Å²) in [4.78, 5) is 26.8. The van der Waals surface area contributed by atoms with Crippen molar-refractivity contribution in [1.29, 1.82) is 0 Å². The summed E-state index contributed by atoms with van der Waals surface area (Å²) in [6, 6.07) is 1.75. The molecule has 110 valence electrons. The van der Waals surface area contributed by atoms with Crippen LogP contribution in [0.1, 0.15) is 30.3 Å². The molecule has 0 aromatic carbocycles. The van der Waals surface area contributed by atoms with Gasteiger partial charge in [-0.25, -0.2) is 15.0 Å². The highest BCUT2D eigenvalue weighted by Crippen LogP contribution is 2.22. The normalized spacial score (nSPS) is 16.0. The molecular weight excluding hydrogens is 286 g/mol. The third kappa shape index (κ3) is 3.36. The number of hydrogen-bond donors (Lipinski definition) is 1. The molecule has 6 nitrogen and oxygen atoms in total. The summed E-state index contributed by atoms with van der Waals surface area (Å²) in [5.74, 6) is 1.20. The number of thiazole rings is 1. The summed E-state index contributed by atoms with van der Waals surface area (Å²) < 4.78 is 0. The molecule has 1 fully saturated rings. The lowest BCUT2D eigenvalue weighted by Crippen LogP contribution is -2.38. The molecule has 7 heteroatoms. The highest BCUT2D eigenvalue weighted by atomic mass is 32.1. The first kappa shape index (κ1) is 13.9. The van der Waals surface area contributed by atoms with Gasteiger partial charge in [0.1, 0.15) is 5.69 Å². The maximum absolute atomic E-state index is 12.4. The molecule has 1 saturated heterocycles. The van der Waals surface area contributed by atoms with Crippen molar-refractivity contribution in [1.82, 2.24) is 19.9 Å². The van der Waals surface area contributed by atoms with Gasteiger partial charge in [-0.1, -0.05) is 6.92 Å². The summed E-state index contributed by atoms with van der Waals surface area (Å²) >= 11 is 1.39. The molecule has 1 aliphatic heterocycles. The Balaban J connectivity index is 1.66. The Bertz CT molecular complexity index is 607. The van der Waals surface area contributed by atoms with E-state index in [9.17, 15) is 4.79 Å². The fourth-order valence-corrected chi connectivity index (χ4v) is 2.94. The average Bonchev–Trinajstić information content (AvgIpc) is 2.97. The Morgan fingerprint density at radius 2 is 2.05 bits per heavy atom. The molecule has 0 aliphatic carbocycles.